The fourth-order valence-electron chi connectivity index (χ4n) is 1.43. The second kappa shape index (κ2) is 4.98. The zero-order valence-electron chi connectivity index (χ0n) is 9.78. The Morgan fingerprint density at radius 3 is 2.50 bits per heavy atom. The summed E-state index contributed by atoms with van der Waals surface area (Å²) in [5.74, 6) is -0.224. The van der Waals surface area contributed by atoms with Crippen LogP contribution in [0, 0.1) is 0 Å². The Kier molecular flexibility index (Phi) is 3.89. The van der Waals surface area contributed by atoms with Crippen molar-refractivity contribution in [2.75, 3.05) is 20.6 Å². The average molecular weight is 227 g/mol. The summed E-state index contributed by atoms with van der Waals surface area (Å²) < 4.78 is 1.18. The van der Waals surface area contributed by atoms with Crippen LogP contribution < -0.4 is 11.2 Å². The van der Waals surface area contributed by atoms with E-state index in [1.165, 1.54) is 4.57 Å². The van der Waals surface area contributed by atoms with Crippen molar-refractivity contribution >= 4 is 0 Å². The zero-order chi connectivity index (χ0) is 12.3. The van der Waals surface area contributed by atoms with Gasteiger partial charge in [0.2, 0.25) is 5.88 Å². The van der Waals surface area contributed by atoms with Gasteiger partial charge in [-0.25, -0.2) is 4.79 Å². The first-order valence-electron chi connectivity index (χ1n) is 5.17. The number of rotatable bonds is 4. The molecule has 0 fully saturated rings. The van der Waals surface area contributed by atoms with Crippen LogP contribution in [-0.4, -0.2) is 40.2 Å². The summed E-state index contributed by atoms with van der Waals surface area (Å²) in [4.78, 5) is 26.9. The predicted octanol–water partition coefficient (Wildman–Crippen LogP) is -0.634. The maximum Gasteiger partial charge on any atom is 0.331 e. The molecule has 1 heterocycles. The van der Waals surface area contributed by atoms with Crippen LogP contribution in [0.2, 0.25) is 0 Å². The molecule has 0 radical (unpaired) electrons. The molecule has 6 nitrogen and oxygen atoms in total. The minimum absolute atomic E-state index is 0.224. The van der Waals surface area contributed by atoms with E-state index >= 15 is 0 Å². The summed E-state index contributed by atoms with van der Waals surface area (Å²) in [7, 11) is 3.74. The second-order valence-corrected chi connectivity index (χ2v) is 3.87. The van der Waals surface area contributed by atoms with Gasteiger partial charge in [0.25, 0.3) is 5.56 Å². The lowest BCUT2D eigenvalue weighted by molar-refractivity contribution is 0.342. The van der Waals surface area contributed by atoms with Gasteiger partial charge >= 0.3 is 5.69 Å². The van der Waals surface area contributed by atoms with Gasteiger partial charge < -0.3 is 10.0 Å². The molecule has 0 saturated heterocycles. The summed E-state index contributed by atoms with van der Waals surface area (Å²) in [5.41, 5.74) is -0.828. The highest BCUT2D eigenvalue weighted by Gasteiger charge is 2.11. The van der Waals surface area contributed by atoms with Gasteiger partial charge in [0.1, 0.15) is 0 Å². The molecule has 2 N–H and O–H groups in total. The van der Waals surface area contributed by atoms with Crippen LogP contribution in [0.15, 0.2) is 9.59 Å². The van der Waals surface area contributed by atoms with Gasteiger partial charge in [-0.05, 0) is 20.5 Å². The Balaban J connectivity index is 3.18. The fraction of sp³-hybridized carbons (Fsp3) is 0.600. The molecule has 0 saturated carbocycles. The SMILES string of the molecule is CCc1c(O)n(CCN(C)C)c(=O)[nH]c1=O. The highest BCUT2D eigenvalue weighted by Crippen LogP contribution is 2.09. The molecule has 0 spiro atoms. The maximum atomic E-state index is 11.5. The third-order valence-corrected chi connectivity index (χ3v) is 2.39. The highest BCUT2D eigenvalue weighted by atomic mass is 16.3. The summed E-state index contributed by atoms with van der Waals surface area (Å²) in [5, 5.41) is 9.79. The number of likely N-dealkylation sites (N-methyl/N-ethyl adjacent to an activating group) is 1. The lowest BCUT2D eigenvalue weighted by Crippen LogP contribution is -2.34. The Labute approximate surface area is 93.1 Å². The van der Waals surface area contributed by atoms with Gasteiger partial charge in [-0.1, -0.05) is 6.92 Å². The van der Waals surface area contributed by atoms with E-state index in [1.54, 1.807) is 6.92 Å². The quantitative estimate of drug-likeness (QED) is 0.717. The number of hydrogen-bond acceptors (Lipinski definition) is 4. The minimum atomic E-state index is -0.568. The third-order valence-electron chi connectivity index (χ3n) is 2.39. The van der Waals surface area contributed by atoms with Crippen molar-refractivity contribution in [1.82, 2.24) is 14.5 Å². The molecule has 16 heavy (non-hydrogen) atoms. The number of aromatic nitrogens is 2. The molecule has 0 bridgehead atoms. The predicted molar refractivity (Wildman–Crippen MR) is 60.9 cm³/mol. The van der Waals surface area contributed by atoms with Crippen molar-refractivity contribution in [3.63, 3.8) is 0 Å². The molecule has 1 aromatic heterocycles. The molecule has 0 atom stereocenters. The zero-order valence-corrected chi connectivity index (χ0v) is 9.78. The average Bonchev–Trinajstić information content (AvgIpc) is 2.16. The molecular weight excluding hydrogens is 210 g/mol. The Bertz CT molecular complexity index is 473. The lowest BCUT2D eigenvalue weighted by Gasteiger charge is -2.13. The van der Waals surface area contributed by atoms with Crippen molar-refractivity contribution in [2.24, 2.45) is 0 Å². The molecule has 0 aliphatic rings. The molecule has 0 unspecified atom stereocenters. The normalized spacial score (nSPS) is 11.0. The lowest BCUT2D eigenvalue weighted by atomic mass is 10.2. The monoisotopic (exact) mass is 227 g/mol. The first-order chi connectivity index (χ1) is 7.47. The Hall–Kier alpha value is -1.56. The molecule has 1 aromatic rings. The van der Waals surface area contributed by atoms with Crippen LogP contribution in [-0.2, 0) is 13.0 Å². The summed E-state index contributed by atoms with van der Waals surface area (Å²) >= 11 is 0. The molecule has 6 heteroatoms. The summed E-state index contributed by atoms with van der Waals surface area (Å²) in [6.07, 6.45) is 0.392. The first kappa shape index (κ1) is 12.5. The highest BCUT2D eigenvalue weighted by molar-refractivity contribution is 5.22. The van der Waals surface area contributed by atoms with Gasteiger partial charge in [0, 0.05) is 13.1 Å². The summed E-state index contributed by atoms with van der Waals surface area (Å²) in [6.45, 7) is 2.72. The second-order valence-electron chi connectivity index (χ2n) is 3.87. The molecule has 0 amide bonds. The van der Waals surface area contributed by atoms with E-state index in [2.05, 4.69) is 4.98 Å². The number of nitrogens with one attached hydrogen (secondary N) is 1. The summed E-state index contributed by atoms with van der Waals surface area (Å²) in [6, 6.07) is 0. The van der Waals surface area contributed by atoms with E-state index in [-0.39, 0.29) is 11.4 Å². The van der Waals surface area contributed by atoms with E-state index in [0.717, 1.165) is 0 Å². The Morgan fingerprint density at radius 1 is 1.38 bits per heavy atom. The molecule has 0 aliphatic carbocycles. The van der Waals surface area contributed by atoms with Crippen molar-refractivity contribution < 1.29 is 5.11 Å². The van der Waals surface area contributed by atoms with Crippen LogP contribution >= 0.6 is 0 Å². The van der Waals surface area contributed by atoms with Gasteiger partial charge in [0.05, 0.1) is 5.56 Å². The standard InChI is InChI=1S/C10H17N3O3/c1-4-7-8(14)11-10(16)13(9(7)15)6-5-12(2)3/h15H,4-6H2,1-3H3,(H,11,14,16). The number of aromatic amines is 1. The van der Waals surface area contributed by atoms with Crippen LogP contribution in [0.4, 0.5) is 0 Å². The number of H-pyrrole nitrogens is 1. The number of nitrogens with zero attached hydrogens (tertiary/aromatic N) is 2. The molecule has 0 aromatic carbocycles. The van der Waals surface area contributed by atoms with E-state index in [1.807, 2.05) is 19.0 Å². The third kappa shape index (κ3) is 2.52. The smallest absolute Gasteiger partial charge is 0.331 e. The molecular formula is C10H17N3O3. The van der Waals surface area contributed by atoms with Gasteiger partial charge in [-0.3, -0.25) is 14.3 Å². The van der Waals surface area contributed by atoms with Gasteiger partial charge in [-0.2, -0.15) is 0 Å². The minimum Gasteiger partial charge on any atom is -0.494 e. The van der Waals surface area contributed by atoms with E-state index in [0.29, 0.717) is 19.5 Å². The van der Waals surface area contributed by atoms with Crippen LogP contribution in [0.1, 0.15) is 12.5 Å². The van der Waals surface area contributed by atoms with E-state index in [4.69, 9.17) is 0 Å². The van der Waals surface area contributed by atoms with Crippen molar-refractivity contribution in [2.45, 2.75) is 19.9 Å². The Morgan fingerprint density at radius 2 is 2.00 bits per heavy atom. The van der Waals surface area contributed by atoms with E-state index < -0.39 is 11.2 Å². The number of hydrogen-bond donors (Lipinski definition) is 2. The van der Waals surface area contributed by atoms with Gasteiger partial charge in [0.15, 0.2) is 0 Å². The largest absolute Gasteiger partial charge is 0.494 e. The van der Waals surface area contributed by atoms with Crippen LogP contribution in [0.3, 0.4) is 0 Å². The van der Waals surface area contributed by atoms with Crippen molar-refractivity contribution in [3.8, 4) is 5.88 Å². The van der Waals surface area contributed by atoms with Crippen molar-refractivity contribution in [3.05, 3.63) is 26.4 Å². The van der Waals surface area contributed by atoms with Crippen LogP contribution in [0.25, 0.3) is 0 Å². The number of aromatic hydroxyl groups is 1. The van der Waals surface area contributed by atoms with Crippen LogP contribution in [0.5, 0.6) is 5.88 Å². The fourth-order valence-corrected chi connectivity index (χ4v) is 1.43. The maximum absolute atomic E-state index is 11.5. The van der Waals surface area contributed by atoms with Crippen molar-refractivity contribution in [1.29, 1.82) is 0 Å². The molecule has 90 valence electrons. The first-order valence-corrected chi connectivity index (χ1v) is 5.17. The molecule has 1 rings (SSSR count). The molecule has 0 aliphatic heterocycles. The van der Waals surface area contributed by atoms with Gasteiger partial charge in [-0.15, -0.1) is 0 Å². The topological polar surface area (TPSA) is 78.3 Å². The van der Waals surface area contributed by atoms with E-state index in [9.17, 15) is 14.7 Å².